The number of aliphatic hydroxyl groups excluding tert-OH is 1. The Morgan fingerprint density at radius 1 is 1.36 bits per heavy atom. The number of rotatable bonds is 4. The van der Waals surface area contributed by atoms with Crippen molar-refractivity contribution in [3.8, 4) is 0 Å². The summed E-state index contributed by atoms with van der Waals surface area (Å²) in [6.45, 7) is 4.63. The Kier molecular flexibility index (Phi) is 3.13. The molecule has 1 rings (SSSR count). The Balaban J connectivity index is 2.33. The molecule has 0 spiro atoms. The highest BCUT2D eigenvalue weighted by Gasteiger charge is 2.46. The molecule has 1 saturated carbocycles. The van der Waals surface area contributed by atoms with Crippen LogP contribution in [0.4, 0.5) is 0 Å². The van der Waals surface area contributed by atoms with Crippen LogP contribution in [0.2, 0.25) is 0 Å². The van der Waals surface area contributed by atoms with Crippen LogP contribution in [0.1, 0.15) is 26.7 Å². The zero-order chi connectivity index (χ0) is 8.27. The number of hydrogen-bond donors (Lipinski definition) is 1. The average molecular weight is 154 g/mol. The minimum atomic E-state index is 0.375. The molecule has 0 aromatic rings. The molecule has 3 atom stereocenters. The maximum Gasteiger partial charge on any atom is 0.0467 e. The lowest BCUT2D eigenvalue weighted by Gasteiger charge is -1.90. The maximum absolute atomic E-state index is 8.97. The molecule has 0 bridgehead atoms. The zero-order valence-electron chi connectivity index (χ0n) is 7.46. The van der Waals surface area contributed by atoms with Crippen molar-refractivity contribution >= 4 is 0 Å². The second kappa shape index (κ2) is 3.91. The summed E-state index contributed by atoms with van der Waals surface area (Å²) >= 11 is 0. The second-order valence-corrected chi connectivity index (χ2v) is 3.40. The van der Waals surface area contributed by atoms with Crippen molar-refractivity contribution in [1.82, 2.24) is 0 Å². The molecular weight excluding hydrogens is 136 g/mol. The van der Waals surface area contributed by atoms with Gasteiger partial charge in [-0.25, -0.2) is 0 Å². The van der Waals surface area contributed by atoms with Gasteiger partial charge < -0.3 is 5.11 Å². The predicted molar refractivity (Wildman–Crippen MR) is 47.3 cm³/mol. The van der Waals surface area contributed by atoms with Gasteiger partial charge in [0.1, 0.15) is 0 Å². The van der Waals surface area contributed by atoms with Crippen molar-refractivity contribution in [2.75, 3.05) is 6.61 Å². The SMILES string of the molecule is C/C=C\[C@@H]1[C@H](CO)[C@H]1CCC. The predicted octanol–water partition coefficient (Wildman–Crippen LogP) is 2.22. The molecule has 0 aliphatic heterocycles. The van der Waals surface area contributed by atoms with Gasteiger partial charge in [0.25, 0.3) is 0 Å². The lowest BCUT2D eigenvalue weighted by Crippen LogP contribution is -1.87. The smallest absolute Gasteiger partial charge is 0.0467 e. The molecule has 0 radical (unpaired) electrons. The van der Waals surface area contributed by atoms with E-state index >= 15 is 0 Å². The van der Waals surface area contributed by atoms with E-state index in [1.165, 1.54) is 12.8 Å². The summed E-state index contributed by atoms with van der Waals surface area (Å²) in [5, 5.41) is 8.97. The first-order chi connectivity index (χ1) is 5.35. The van der Waals surface area contributed by atoms with Crippen LogP contribution in [0.3, 0.4) is 0 Å². The van der Waals surface area contributed by atoms with Gasteiger partial charge in [-0.05, 0) is 31.1 Å². The Morgan fingerprint density at radius 3 is 2.55 bits per heavy atom. The summed E-state index contributed by atoms with van der Waals surface area (Å²) in [7, 11) is 0. The molecule has 1 aliphatic rings. The molecular formula is C10H18O. The van der Waals surface area contributed by atoms with Crippen molar-refractivity contribution in [3.63, 3.8) is 0 Å². The van der Waals surface area contributed by atoms with Crippen LogP contribution < -0.4 is 0 Å². The first kappa shape index (κ1) is 8.79. The van der Waals surface area contributed by atoms with Gasteiger partial charge in [-0.1, -0.05) is 25.5 Å². The van der Waals surface area contributed by atoms with Crippen LogP contribution in [0.25, 0.3) is 0 Å². The summed E-state index contributed by atoms with van der Waals surface area (Å²) in [6, 6.07) is 0. The van der Waals surface area contributed by atoms with Crippen LogP contribution in [0, 0.1) is 17.8 Å². The topological polar surface area (TPSA) is 20.2 Å². The van der Waals surface area contributed by atoms with Gasteiger partial charge in [-0.3, -0.25) is 0 Å². The van der Waals surface area contributed by atoms with Gasteiger partial charge in [0, 0.05) is 6.61 Å². The highest BCUT2D eigenvalue weighted by molar-refractivity contribution is 5.07. The molecule has 0 aromatic carbocycles. The fourth-order valence-electron chi connectivity index (χ4n) is 1.98. The molecule has 0 unspecified atom stereocenters. The van der Waals surface area contributed by atoms with Gasteiger partial charge in [0.2, 0.25) is 0 Å². The quantitative estimate of drug-likeness (QED) is 0.615. The maximum atomic E-state index is 8.97. The Morgan fingerprint density at radius 2 is 2.09 bits per heavy atom. The van der Waals surface area contributed by atoms with Gasteiger partial charge in [-0.15, -0.1) is 0 Å². The number of hydrogen-bond acceptors (Lipinski definition) is 1. The summed E-state index contributed by atoms with van der Waals surface area (Å²) in [4.78, 5) is 0. The van der Waals surface area contributed by atoms with Gasteiger partial charge >= 0.3 is 0 Å². The second-order valence-electron chi connectivity index (χ2n) is 3.40. The van der Waals surface area contributed by atoms with Gasteiger partial charge in [0.05, 0.1) is 0 Å². The highest BCUT2D eigenvalue weighted by atomic mass is 16.3. The van der Waals surface area contributed by atoms with E-state index in [4.69, 9.17) is 5.11 Å². The summed E-state index contributed by atoms with van der Waals surface area (Å²) < 4.78 is 0. The third-order valence-corrected chi connectivity index (χ3v) is 2.65. The summed E-state index contributed by atoms with van der Waals surface area (Å²) in [5.74, 6) is 2.04. The van der Waals surface area contributed by atoms with Crippen LogP contribution in [-0.2, 0) is 0 Å². The zero-order valence-corrected chi connectivity index (χ0v) is 7.46. The van der Waals surface area contributed by atoms with E-state index in [2.05, 4.69) is 26.0 Å². The average Bonchev–Trinajstić information content (AvgIpc) is 2.65. The minimum Gasteiger partial charge on any atom is -0.396 e. The number of aliphatic hydroxyl groups is 1. The third-order valence-electron chi connectivity index (χ3n) is 2.65. The van der Waals surface area contributed by atoms with E-state index < -0.39 is 0 Å². The van der Waals surface area contributed by atoms with Crippen molar-refractivity contribution in [2.24, 2.45) is 17.8 Å². The lowest BCUT2D eigenvalue weighted by atomic mass is 10.2. The van der Waals surface area contributed by atoms with Crippen molar-refractivity contribution in [1.29, 1.82) is 0 Å². The Labute approximate surface area is 69.1 Å². The minimum absolute atomic E-state index is 0.375. The van der Waals surface area contributed by atoms with E-state index in [9.17, 15) is 0 Å². The molecule has 1 heteroatoms. The van der Waals surface area contributed by atoms with Gasteiger partial charge in [-0.2, -0.15) is 0 Å². The molecule has 1 N–H and O–H groups in total. The third kappa shape index (κ3) is 1.84. The van der Waals surface area contributed by atoms with Crippen molar-refractivity contribution in [2.45, 2.75) is 26.7 Å². The standard InChI is InChI=1S/C10H18O/c1-3-5-8-9(6-4-2)10(8)7-11/h3,5,8-11H,4,6-7H2,1-2H3/b5-3-/t8-,9-,10-/m0/s1. The summed E-state index contributed by atoms with van der Waals surface area (Å²) in [5.41, 5.74) is 0. The van der Waals surface area contributed by atoms with E-state index in [-0.39, 0.29) is 0 Å². The molecule has 0 amide bonds. The lowest BCUT2D eigenvalue weighted by molar-refractivity contribution is 0.264. The van der Waals surface area contributed by atoms with Crippen molar-refractivity contribution < 1.29 is 5.11 Å². The molecule has 0 saturated heterocycles. The normalized spacial score (nSPS) is 36.5. The molecule has 0 heterocycles. The van der Waals surface area contributed by atoms with E-state index in [0.29, 0.717) is 18.4 Å². The molecule has 64 valence electrons. The molecule has 1 fully saturated rings. The van der Waals surface area contributed by atoms with Crippen LogP contribution >= 0.6 is 0 Å². The fraction of sp³-hybridized carbons (Fsp3) is 0.800. The van der Waals surface area contributed by atoms with Crippen LogP contribution in [-0.4, -0.2) is 11.7 Å². The largest absolute Gasteiger partial charge is 0.396 e. The van der Waals surface area contributed by atoms with Crippen molar-refractivity contribution in [3.05, 3.63) is 12.2 Å². The molecule has 0 aromatic heterocycles. The first-order valence-corrected chi connectivity index (χ1v) is 4.58. The monoisotopic (exact) mass is 154 g/mol. The van der Waals surface area contributed by atoms with E-state index in [1.807, 2.05) is 0 Å². The molecule has 11 heavy (non-hydrogen) atoms. The first-order valence-electron chi connectivity index (χ1n) is 4.58. The summed E-state index contributed by atoms with van der Waals surface area (Å²) in [6.07, 6.45) is 6.86. The van der Waals surface area contributed by atoms with Crippen LogP contribution in [0.15, 0.2) is 12.2 Å². The van der Waals surface area contributed by atoms with Gasteiger partial charge in [0.15, 0.2) is 0 Å². The molecule has 1 aliphatic carbocycles. The fourth-order valence-corrected chi connectivity index (χ4v) is 1.98. The van der Waals surface area contributed by atoms with E-state index in [0.717, 1.165) is 5.92 Å². The Bertz CT molecular complexity index is 140. The van der Waals surface area contributed by atoms with E-state index in [1.54, 1.807) is 0 Å². The Hall–Kier alpha value is -0.300. The highest BCUT2D eigenvalue weighted by Crippen LogP contribution is 2.49. The van der Waals surface area contributed by atoms with Crippen LogP contribution in [0.5, 0.6) is 0 Å². The number of allylic oxidation sites excluding steroid dienone is 2. The molecule has 1 nitrogen and oxygen atoms in total.